The molecular weight excluding hydrogens is 228 g/mol. The van der Waals surface area contributed by atoms with E-state index in [1.54, 1.807) is 21.0 Å². The van der Waals surface area contributed by atoms with E-state index in [9.17, 15) is 4.79 Å². The molecule has 2 N–H and O–H groups in total. The summed E-state index contributed by atoms with van der Waals surface area (Å²) in [5.74, 6) is -0.121. The molecule has 1 aromatic rings. The predicted molar refractivity (Wildman–Crippen MR) is 73.0 cm³/mol. The first kappa shape index (κ1) is 12.9. The zero-order valence-electron chi connectivity index (χ0n) is 11.2. The van der Waals surface area contributed by atoms with Crippen LogP contribution in [0.25, 0.3) is 0 Å². The smallest absolute Gasteiger partial charge is 0.256 e. The molecule has 0 spiro atoms. The van der Waals surface area contributed by atoms with Gasteiger partial charge in [0, 0.05) is 25.0 Å². The van der Waals surface area contributed by atoms with Crippen molar-refractivity contribution in [2.75, 3.05) is 24.3 Å². The van der Waals surface area contributed by atoms with Crippen molar-refractivity contribution in [1.82, 2.24) is 0 Å². The van der Waals surface area contributed by atoms with E-state index in [0.717, 1.165) is 30.8 Å². The molecule has 0 radical (unpaired) electrons. The number of carbonyl (C=O) groups is 1. The largest absolute Gasteiger partial charge is 0.385 e. The monoisotopic (exact) mass is 248 g/mol. The standard InChI is InChI=1S/C14H20N2O2/c1-14(2,18-3)13(17)16-12-8-4-7-11-10(12)6-5-9-15-11/h4,7-8,15H,5-6,9H2,1-3H3,(H,16,17). The third-order valence-corrected chi connectivity index (χ3v) is 3.40. The molecule has 1 aliphatic heterocycles. The Kier molecular flexibility index (Phi) is 3.57. The first-order valence-corrected chi connectivity index (χ1v) is 6.27. The lowest BCUT2D eigenvalue weighted by atomic mass is 10.0. The van der Waals surface area contributed by atoms with Crippen LogP contribution in [0.4, 0.5) is 11.4 Å². The molecule has 0 aromatic heterocycles. The number of hydrogen-bond acceptors (Lipinski definition) is 3. The SMILES string of the molecule is COC(C)(C)C(=O)Nc1cccc2c1CCCN2. The van der Waals surface area contributed by atoms with Gasteiger partial charge in [0.15, 0.2) is 0 Å². The number of amides is 1. The minimum absolute atomic E-state index is 0.121. The van der Waals surface area contributed by atoms with Gasteiger partial charge in [0.1, 0.15) is 5.60 Å². The number of hydrogen-bond donors (Lipinski definition) is 2. The summed E-state index contributed by atoms with van der Waals surface area (Å²) in [7, 11) is 1.54. The fourth-order valence-corrected chi connectivity index (χ4v) is 1.99. The Labute approximate surface area is 108 Å². The lowest BCUT2D eigenvalue weighted by molar-refractivity contribution is -0.133. The van der Waals surface area contributed by atoms with Crippen LogP contribution in [0.1, 0.15) is 25.8 Å². The van der Waals surface area contributed by atoms with Gasteiger partial charge in [-0.15, -0.1) is 0 Å². The van der Waals surface area contributed by atoms with E-state index in [2.05, 4.69) is 10.6 Å². The van der Waals surface area contributed by atoms with Crippen LogP contribution in [0, 0.1) is 0 Å². The van der Waals surface area contributed by atoms with E-state index in [-0.39, 0.29) is 5.91 Å². The van der Waals surface area contributed by atoms with E-state index in [4.69, 9.17) is 4.74 Å². The molecule has 0 saturated heterocycles. The molecule has 1 aliphatic rings. The highest BCUT2D eigenvalue weighted by Crippen LogP contribution is 2.29. The van der Waals surface area contributed by atoms with Crippen molar-refractivity contribution >= 4 is 17.3 Å². The summed E-state index contributed by atoms with van der Waals surface area (Å²) in [4.78, 5) is 12.1. The van der Waals surface area contributed by atoms with Gasteiger partial charge >= 0.3 is 0 Å². The number of nitrogens with one attached hydrogen (secondary N) is 2. The first-order valence-electron chi connectivity index (χ1n) is 6.27. The van der Waals surface area contributed by atoms with Gasteiger partial charge in [0.25, 0.3) is 5.91 Å². The minimum atomic E-state index is -0.815. The zero-order valence-corrected chi connectivity index (χ0v) is 11.2. The van der Waals surface area contributed by atoms with E-state index in [1.807, 2.05) is 18.2 Å². The molecule has 0 bridgehead atoms. The second-order valence-corrected chi connectivity index (χ2v) is 5.03. The van der Waals surface area contributed by atoms with Crippen molar-refractivity contribution in [3.05, 3.63) is 23.8 Å². The average molecular weight is 248 g/mol. The summed E-state index contributed by atoms with van der Waals surface area (Å²) >= 11 is 0. The number of benzene rings is 1. The van der Waals surface area contributed by atoms with Gasteiger partial charge in [-0.25, -0.2) is 0 Å². The lowest BCUT2D eigenvalue weighted by Crippen LogP contribution is -2.39. The summed E-state index contributed by atoms with van der Waals surface area (Å²) < 4.78 is 5.19. The van der Waals surface area contributed by atoms with Crippen molar-refractivity contribution in [1.29, 1.82) is 0 Å². The zero-order chi connectivity index (χ0) is 13.2. The summed E-state index contributed by atoms with van der Waals surface area (Å²) in [5.41, 5.74) is 2.37. The molecule has 0 atom stereocenters. The highest BCUT2D eigenvalue weighted by atomic mass is 16.5. The average Bonchev–Trinajstić information content (AvgIpc) is 2.39. The van der Waals surface area contributed by atoms with Gasteiger partial charge in [-0.1, -0.05) is 6.07 Å². The number of methoxy groups -OCH3 is 1. The number of fused-ring (bicyclic) bond motifs is 1. The number of carbonyl (C=O) groups excluding carboxylic acids is 1. The van der Waals surface area contributed by atoms with Crippen molar-refractivity contribution in [2.24, 2.45) is 0 Å². The molecule has 0 saturated carbocycles. The quantitative estimate of drug-likeness (QED) is 0.863. The molecule has 0 fully saturated rings. The third kappa shape index (κ3) is 2.48. The van der Waals surface area contributed by atoms with E-state index in [0.29, 0.717) is 0 Å². The maximum absolute atomic E-state index is 12.1. The molecular formula is C14H20N2O2. The van der Waals surface area contributed by atoms with Gasteiger partial charge in [-0.3, -0.25) is 4.79 Å². The Morgan fingerprint density at radius 1 is 1.44 bits per heavy atom. The van der Waals surface area contributed by atoms with Crippen LogP contribution >= 0.6 is 0 Å². The maximum atomic E-state index is 12.1. The molecule has 1 amide bonds. The number of rotatable bonds is 3. The number of ether oxygens (including phenoxy) is 1. The molecule has 98 valence electrons. The number of anilines is 2. The van der Waals surface area contributed by atoms with Crippen LogP contribution in [0.15, 0.2) is 18.2 Å². The summed E-state index contributed by atoms with van der Waals surface area (Å²) in [6, 6.07) is 5.94. The van der Waals surface area contributed by atoms with Crippen LogP contribution in [0.2, 0.25) is 0 Å². The van der Waals surface area contributed by atoms with E-state index in [1.165, 1.54) is 5.56 Å². The van der Waals surface area contributed by atoms with Crippen LogP contribution in [0.5, 0.6) is 0 Å². The van der Waals surface area contributed by atoms with Crippen molar-refractivity contribution in [3.63, 3.8) is 0 Å². The van der Waals surface area contributed by atoms with Gasteiger partial charge in [-0.2, -0.15) is 0 Å². The van der Waals surface area contributed by atoms with Crippen molar-refractivity contribution in [2.45, 2.75) is 32.3 Å². The topological polar surface area (TPSA) is 50.4 Å². The van der Waals surface area contributed by atoms with Gasteiger partial charge < -0.3 is 15.4 Å². The van der Waals surface area contributed by atoms with Gasteiger partial charge in [-0.05, 0) is 44.4 Å². The molecule has 1 aromatic carbocycles. The lowest BCUT2D eigenvalue weighted by Gasteiger charge is -2.25. The second-order valence-electron chi connectivity index (χ2n) is 5.03. The Balaban J connectivity index is 2.22. The maximum Gasteiger partial charge on any atom is 0.256 e. The van der Waals surface area contributed by atoms with Crippen LogP contribution in [0.3, 0.4) is 0 Å². The Morgan fingerprint density at radius 2 is 2.22 bits per heavy atom. The highest BCUT2D eigenvalue weighted by molar-refractivity contribution is 5.98. The second kappa shape index (κ2) is 4.98. The Hall–Kier alpha value is -1.55. The summed E-state index contributed by atoms with van der Waals surface area (Å²) in [6.45, 7) is 4.51. The van der Waals surface area contributed by atoms with Crippen molar-refractivity contribution < 1.29 is 9.53 Å². The normalized spacial score (nSPS) is 14.6. The summed E-state index contributed by atoms with van der Waals surface area (Å²) in [5, 5.41) is 6.30. The fraction of sp³-hybridized carbons (Fsp3) is 0.500. The first-order chi connectivity index (χ1) is 8.54. The molecule has 1 heterocycles. The highest BCUT2D eigenvalue weighted by Gasteiger charge is 2.27. The molecule has 2 rings (SSSR count). The molecule has 0 unspecified atom stereocenters. The third-order valence-electron chi connectivity index (χ3n) is 3.40. The molecule has 4 heteroatoms. The van der Waals surface area contributed by atoms with E-state index < -0.39 is 5.60 Å². The minimum Gasteiger partial charge on any atom is -0.385 e. The van der Waals surface area contributed by atoms with Crippen LogP contribution in [-0.2, 0) is 16.0 Å². The Morgan fingerprint density at radius 3 is 2.94 bits per heavy atom. The van der Waals surface area contributed by atoms with Gasteiger partial charge in [0.05, 0.1) is 0 Å². The van der Waals surface area contributed by atoms with E-state index >= 15 is 0 Å². The van der Waals surface area contributed by atoms with Crippen LogP contribution in [-0.4, -0.2) is 25.2 Å². The fourth-order valence-electron chi connectivity index (χ4n) is 1.99. The van der Waals surface area contributed by atoms with Crippen molar-refractivity contribution in [3.8, 4) is 0 Å². The molecule has 0 aliphatic carbocycles. The predicted octanol–water partition coefficient (Wildman–Crippen LogP) is 2.41. The summed E-state index contributed by atoms with van der Waals surface area (Å²) in [6.07, 6.45) is 2.08. The molecule has 18 heavy (non-hydrogen) atoms. The molecule has 4 nitrogen and oxygen atoms in total. The van der Waals surface area contributed by atoms with Gasteiger partial charge in [0.2, 0.25) is 0 Å². The van der Waals surface area contributed by atoms with Crippen LogP contribution < -0.4 is 10.6 Å². The Bertz CT molecular complexity index is 455.